The Bertz CT molecular complexity index is 419. The number of carbonyl (C=O) groups is 1. The molecule has 0 saturated carbocycles. The second-order valence-electron chi connectivity index (χ2n) is 3.24. The van der Waals surface area contributed by atoms with E-state index in [1.807, 2.05) is 0 Å². The maximum Gasteiger partial charge on any atom is 0.417 e. The van der Waals surface area contributed by atoms with Crippen LogP contribution in [0.5, 0.6) is 0 Å². The van der Waals surface area contributed by atoms with Crippen LogP contribution in [0.25, 0.3) is 0 Å². The number of esters is 1. The fourth-order valence-corrected chi connectivity index (χ4v) is 1.16. The molecule has 17 heavy (non-hydrogen) atoms. The summed E-state index contributed by atoms with van der Waals surface area (Å²) in [6.45, 7) is 1.82. The van der Waals surface area contributed by atoms with Crippen molar-refractivity contribution in [2.75, 3.05) is 12.3 Å². The van der Waals surface area contributed by atoms with E-state index in [0.717, 1.165) is 6.07 Å². The van der Waals surface area contributed by atoms with Gasteiger partial charge in [-0.3, -0.25) is 9.78 Å². The van der Waals surface area contributed by atoms with Gasteiger partial charge in [-0.1, -0.05) is 0 Å². The standard InChI is InChI=1S/C10H11F3N2O2/c1-2-17-9(16)4-8-7(14)3-6(5-15-8)10(11,12)13/h3,5H,2,4,14H2,1H3. The minimum atomic E-state index is -4.50. The SMILES string of the molecule is CCOC(=O)Cc1ncc(C(F)(F)F)cc1N. The summed E-state index contributed by atoms with van der Waals surface area (Å²) in [6.07, 6.45) is -4.09. The van der Waals surface area contributed by atoms with Crippen LogP contribution in [0.1, 0.15) is 18.2 Å². The van der Waals surface area contributed by atoms with E-state index in [-0.39, 0.29) is 24.4 Å². The summed E-state index contributed by atoms with van der Waals surface area (Å²) in [5.41, 5.74) is 4.36. The number of halogens is 3. The van der Waals surface area contributed by atoms with Gasteiger partial charge in [0, 0.05) is 6.20 Å². The number of rotatable bonds is 3. The molecule has 0 saturated heterocycles. The van der Waals surface area contributed by atoms with Crippen molar-refractivity contribution >= 4 is 11.7 Å². The second kappa shape index (κ2) is 5.03. The summed E-state index contributed by atoms with van der Waals surface area (Å²) in [5.74, 6) is -0.577. The molecule has 0 atom stereocenters. The summed E-state index contributed by atoms with van der Waals surface area (Å²) >= 11 is 0. The van der Waals surface area contributed by atoms with E-state index >= 15 is 0 Å². The maximum absolute atomic E-state index is 12.3. The van der Waals surface area contributed by atoms with Crippen molar-refractivity contribution in [3.63, 3.8) is 0 Å². The molecule has 2 N–H and O–H groups in total. The predicted molar refractivity (Wildman–Crippen MR) is 54.0 cm³/mol. The number of nitrogen functional groups attached to an aromatic ring is 1. The molecule has 1 rings (SSSR count). The molecule has 0 aromatic carbocycles. The average molecular weight is 248 g/mol. The summed E-state index contributed by atoms with van der Waals surface area (Å²) in [7, 11) is 0. The molecule has 7 heteroatoms. The third kappa shape index (κ3) is 3.61. The Hall–Kier alpha value is -1.79. The van der Waals surface area contributed by atoms with Gasteiger partial charge in [-0.05, 0) is 13.0 Å². The normalized spacial score (nSPS) is 11.3. The lowest BCUT2D eigenvalue weighted by atomic mass is 10.2. The molecule has 0 aliphatic heterocycles. The zero-order valence-corrected chi connectivity index (χ0v) is 9.04. The van der Waals surface area contributed by atoms with E-state index < -0.39 is 17.7 Å². The van der Waals surface area contributed by atoms with Crippen molar-refractivity contribution in [3.8, 4) is 0 Å². The van der Waals surface area contributed by atoms with E-state index in [9.17, 15) is 18.0 Å². The van der Waals surface area contributed by atoms with E-state index in [1.165, 1.54) is 0 Å². The molecule has 1 aromatic heterocycles. The Morgan fingerprint density at radius 2 is 2.18 bits per heavy atom. The van der Waals surface area contributed by atoms with Gasteiger partial charge in [0.05, 0.1) is 30.0 Å². The largest absolute Gasteiger partial charge is 0.466 e. The number of carbonyl (C=O) groups excluding carboxylic acids is 1. The van der Waals surface area contributed by atoms with Gasteiger partial charge in [-0.25, -0.2) is 0 Å². The van der Waals surface area contributed by atoms with E-state index in [0.29, 0.717) is 6.20 Å². The first kappa shape index (κ1) is 13.3. The Labute approximate surface area is 95.6 Å². The zero-order chi connectivity index (χ0) is 13.1. The summed E-state index contributed by atoms with van der Waals surface area (Å²) in [4.78, 5) is 14.6. The lowest BCUT2D eigenvalue weighted by Gasteiger charge is -2.09. The van der Waals surface area contributed by atoms with Gasteiger partial charge in [0.2, 0.25) is 0 Å². The Balaban J connectivity index is 2.87. The topological polar surface area (TPSA) is 65.2 Å². The molecule has 0 aliphatic carbocycles. The monoisotopic (exact) mass is 248 g/mol. The minimum absolute atomic E-state index is 0.0800. The van der Waals surface area contributed by atoms with Crippen LogP contribution in [-0.4, -0.2) is 17.6 Å². The number of nitrogens with two attached hydrogens (primary N) is 1. The minimum Gasteiger partial charge on any atom is -0.466 e. The number of pyridine rings is 1. The van der Waals surface area contributed by atoms with Crippen LogP contribution in [0.15, 0.2) is 12.3 Å². The van der Waals surface area contributed by atoms with Crippen molar-refractivity contribution in [1.82, 2.24) is 4.98 Å². The second-order valence-corrected chi connectivity index (χ2v) is 3.24. The number of alkyl halides is 3. The molecule has 0 aliphatic rings. The third-order valence-electron chi connectivity index (χ3n) is 1.95. The van der Waals surface area contributed by atoms with Crippen molar-refractivity contribution in [3.05, 3.63) is 23.5 Å². The smallest absolute Gasteiger partial charge is 0.417 e. The van der Waals surface area contributed by atoms with Crippen molar-refractivity contribution < 1.29 is 22.7 Å². The Kier molecular flexibility index (Phi) is 3.93. The van der Waals surface area contributed by atoms with Gasteiger partial charge < -0.3 is 10.5 Å². The molecule has 0 spiro atoms. The van der Waals surface area contributed by atoms with Crippen LogP contribution in [0, 0.1) is 0 Å². The lowest BCUT2D eigenvalue weighted by molar-refractivity contribution is -0.142. The molecule has 0 amide bonds. The molecule has 94 valence electrons. The highest BCUT2D eigenvalue weighted by atomic mass is 19.4. The molecular weight excluding hydrogens is 237 g/mol. The number of ether oxygens (including phenoxy) is 1. The fraction of sp³-hybridized carbons (Fsp3) is 0.400. The predicted octanol–water partition coefficient (Wildman–Crippen LogP) is 1.79. The quantitative estimate of drug-likeness (QED) is 0.828. The van der Waals surface area contributed by atoms with Gasteiger partial charge in [-0.15, -0.1) is 0 Å². The molecule has 0 radical (unpaired) electrons. The Morgan fingerprint density at radius 1 is 1.53 bits per heavy atom. The van der Waals surface area contributed by atoms with Gasteiger partial charge in [-0.2, -0.15) is 13.2 Å². The maximum atomic E-state index is 12.3. The Morgan fingerprint density at radius 3 is 2.65 bits per heavy atom. The molecule has 0 bridgehead atoms. The lowest BCUT2D eigenvalue weighted by Crippen LogP contribution is -2.13. The number of aromatic nitrogens is 1. The van der Waals surface area contributed by atoms with Gasteiger partial charge in [0.25, 0.3) is 0 Å². The highest BCUT2D eigenvalue weighted by molar-refractivity contribution is 5.74. The zero-order valence-electron chi connectivity index (χ0n) is 9.04. The summed E-state index contributed by atoms with van der Waals surface area (Å²) < 4.78 is 41.5. The molecule has 4 nitrogen and oxygen atoms in total. The van der Waals surface area contributed by atoms with Gasteiger partial charge in [0.15, 0.2) is 0 Å². The first-order valence-electron chi connectivity index (χ1n) is 4.81. The van der Waals surface area contributed by atoms with Crippen LogP contribution >= 0.6 is 0 Å². The first-order valence-corrected chi connectivity index (χ1v) is 4.81. The number of nitrogens with zero attached hydrogens (tertiary/aromatic N) is 1. The van der Waals surface area contributed by atoms with Crippen molar-refractivity contribution in [2.45, 2.75) is 19.5 Å². The average Bonchev–Trinajstić information content (AvgIpc) is 2.20. The highest BCUT2D eigenvalue weighted by Gasteiger charge is 2.31. The van der Waals surface area contributed by atoms with E-state index in [4.69, 9.17) is 5.73 Å². The summed E-state index contributed by atoms with van der Waals surface area (Å²) in [5, 5.41) is 0. The fourth-order valence-electron chi connectivity index (χ4n) is 1.16. The number of hydrogen-bond donors (Lipinski definition) is 1. The summed E-state index contributed by atoms with van der Waals surface area (Å²) in [6, 6.07) is 0.752. The number of anilines is 1. The van der Waals surface area contributed by atoms with Crippen LogP contribution in [0.4, 0.5) is 18.9 Å². The van der Waals surface area contributed by atoms with Crippen LogP contribution in [-0.2, 0) is 22.1 Å². The highest BCUT2D eigenvalue weighted by Crippen LogP contribution is 2.30. The van der Waals surface area contributed by atoms with Crippen LogP contribution < -0.4 is 5.73 Å². The van der Waals surface area contributed by atoms with Crippen LogP contribution in [0.2, 0.25) is 0 Å². The van der Waals surface area contributed by atoms with Gasteiger partial charge in [0.1, 0.15) is 0 Å². The first-order chi connectivity index (χ1) is 7.84. The van der Waals surface area contributed by atoms with Gasteiger partial charge >= 0.3 is 12.1 Å². The molecule has 0 unspecified atom stereocenters. The number of hydrogen-bond acceptors (Lipinski definition) is 4. The molecule has 1 aromatic rings. The van der Waals surface area contributed by atoms with Crippen molar-refractivity contribution in [1.29, 1.82) is 0 Å². The third-order valence-corrected chi connectivity index (χ3v) is 1.95. The van der Waals surface area contributed by atoms with Crippen molar-refractivity contribution in [2.24, 2.45) is 0 Å². The molecule has 0 fully saturated rings. The van der Waals surface area contributed by atoms with Crippen LogP contribution in [0.3, 0.4) is 0 Å². The van der Waals surface area contributed by atoms with E-state index in [2.05, 4.69) is 9.72 Å². The molecule has 1 heterocycles. The van der Waals surface area contributed by atoms with E-state index in [1.54, 1.807) is 6.92 Å². The molecular formula is C10H11F3N2O2.